The molecule has 0 aliphatic heterocycles. The van der Waals surface area contributed by atoms with Gasteiger partial charge in [-0.2, -0.15) is 10.2 Å². The second-order valence-electron chi connectivity index (χ2n) is 14.5. The highest BCUT2D eigenvalue weighted by atomic mass is 32.1. The molecular formula is C48H34N4S6. The summed E-state index contributed by atoms with van der Waals surface area (Å²) in [6, 6.07) is 43.3. The Kier molecular flexibility index (Phi) is 8.84. The van der Waals surface area contributed by atoms with Crippen LogP contribution in [-0.4, -0.2) is 0 Å². The minimum atomic E-state index is 0.963. The van der Waals surface area contributed by atoms with Crippen LogP contribution in [0.5, 0.6) is 0 Å². The molecule has 2 N–H and O–H groups in total. The molecule has 58 heavy (non-hydrogen) atoms. The molecule has 0 aliphatic carbocycles. The van der Waals surface area contributed by atoms with E-state index in [1.807, 2.05) is 104 Å². The first-order chi connectivity index (χ1) is 28.4. The number of nitrogens with zero attached hydrogens (tertiary/aromatic N) is 2. The largest absolute Gasteiger partial charge is 0.278 e. The van der Waals surface area contributed by atoms with Crippen LogP contribution in [0.25, 0.3) is 80.7 Å². The van der Waals surface area contributed by atoms with Gasteiger partial charge in [0.25, 0.3) is 0 Å². The lowest BCUT2D eigenvalue weighted by atomic mass is 9.98. The molecule has 11 rings (SSSR count). The van der Waals surface area contributed by atoms with Crippen molar-refractivity contribution < 1.29 is 0 Å². The highest BCUT2D eigenvalue weighted by molar-refractivity contribution is 7.30. The van der Waals surface area contributed by atoms with Crippen LogP contribution in [0.1, 0.15) is 20.9 Å². The minimum absolute atomic E-state index is 0.963. The summed E-state index contributed by atoms with van der Waals surface area (Å²) in [5.74, 6) is 0. The van der Waals surface area contributed by atoms with Gasteiger partial charge in [-0.05, 0) is 124 Å². The molecule has 0 amide bonds. The summed E-state index contributed by atoms with van der Waals surface area (Å²) in [7, 11) is 0. The van der Waals surface area contributed by atoms with Crippen LogP contribution in [0.3, 0.4) is 0 Å². The molecule has 0 fully saturated rings. The lowest BCUT2D eigenvalue weighted by Crippen LogP contribution is -2.07. The molecule has 0 unspecified atom stereocenters. The number of nitrogens with one attached hydrogen (secondary N) is 2. The van der Waals surface area contributed by atoms with Gasteiger partial charge in [-0.15, -0.1) is 68.0 Å². The summed E-state index contributed by atoms with van der Waals surface area (Å²) in [6.45, 7) is 8.93. The van der Waals surface area contributed by atoms with Crippen molar-refractivity contribution in [2.45, 2.75) is 27.7 Å². The van der Waals surface area contributed by atoms with Crippen LogP contribution in [-0.2, 0) is 0 Å². The van der Waals surface area contributed by atoms with Crippen molar-refractivity contribution in [1.82, 2.24) is 0 Å². The van der Waals surface area contributed by atoms with Gasteiger partial charge >= 0.3 is 0 Å². The standard InChI is InChI=1S/C48H34N4S6/c1-25-15-17-33(53-25)35-19-21-37(55-35)39-23-31-45(51-49-29-11-7-5-8-12-29)41-28(4)44-42(27(3)43(41)47(31)57-39)46(52-50-30-13-9-6-10-14-30)32-24-40(58-48(32)44)38-22-20-36(56-38)34-18-16-26(2)54-34/h5-24,49-50H,1-4H3/b51-45-,52-46-. The number of rotatable bonds is 8. The van der Waals surface area contributed by atoms with Gasteiger partial charge in [0.05, 0.1) is 11.4 Å². The highest BCUT2D eigenvalue weighted by Crippen LogP contribution is 2.48. The van der Waals surface area contributed by atoms with Gasteiger partial charge in [0.15, 0.2) is 0 Å². The van der Waals surface area contributed by atoms with Crippen molar-refractivity contribution in [3.8, 4) is 39.0 Å². The fourth-order valence-electron chi connectivity index (χ4n) is 8.02. The van der Waals surface area contributed by atoms with E-state index in [1.54, 1.807) is 0 Å². The number of hydrogen-bond donors (Lipinski definition) is 2. The summed E-state index contributed by atoms with van der Waals surface area (Å²) >= 11 is 11.2. The predicted molar refractivity (Wildman–Crippen MR) is 258 cm³/mol. The molecule has 4 nitrogen and oxygen atoms in total. The molecule has 0 spiro atoms. The lowest BCUT2D eigenvalue weighted by molar-refractivity contribution is 1.25. The number of anilines is 2. The van der Waals surface area contributed by atoms with Crippen LogP contribution >= 0.6 is 68.0 Å². The van der Waals surface area contributed by atoms with Crippen molar-refractivity contribution in [3.05, 3.63) is 153 Å². The molecule has 0 radical (unpaired) electrons. The average molecular weight is 859 g/mol. The number of para-hydroxylation sites is 2. The first kappa shape index (κ1) is 35.9. The Labute approximate surface area is 359 Å². The number of fused-ring (bicyclic) bond motifs is 6. The molecule has 0 bridgehead atoms. The van der Waals surface area contributed by atoms with Gasteiger partial charge in [0.1, 0.15) is 10.7 Å². The fraction of sp³-hybridized carbons (Fsp3) is 0.0833. The smallest absolute Gasteiger partial charge is 0.100 e. The number of thiophene rings is 6. The molecule has 0 saturated heterocycles. The van der Waals surface area contributed by atoms with Crippen LogP contribution in [0.15, 0.2) is 132 Å². The van der Waals surface area contributed by atoms with Crippen molar-refractivity contribution in [1.29, 1.82) is 0 Å². The molecular weight excluding hydrogens is 825 g/mol. The summed E-state index contributed by atoms with van der Waals surface area (Å²) < 4.78 is 2.54. The zero-order valence-electron chi connectivity index (χ0n) is 31.9. The van der Waals surface area contributed by atoms with Gasteiger partial charge in [-0.3, -0.25) is 10.9 Å². The predicted octanol–water partition coefficient (Wildman–Crippen LogP) is 15.3. The van der Waals surface area contributed by atoms with Crippen molar-refractivity contribution in [2.75, 3.05) is 10.9 Å². The first-order valence-corrected chi connectivity index (χ1v) is 23.9. The van der Waals surface area contributed by atoms with Gasteiger partial charge in [0.2, 0.25) is 0 Å². The van der Waals surface area contributed by atoms with E-state index in [9.17, 15) is 0 Å². The average Bonchev–Trinajstić information content (AvgIpc) is 4.08. The third-order valence-electron chi connectivity index (χ3n) is 10.7. The summed E-state index contributed by atoms with van der Waals surface area (Å²) in [5, 5.41) is 19.8. The zero-order valence-corrected chi connectivity index (χ0v) is 36.8. The van der Waals surface area contributed by atoms with Crippen LogP contribution in [0.2, 0.25) is 0 Å². The maximum atomic E-state index is 5.25. The Balaban J connectivity index is 1.16. The van der Waals surface area contributed by atoms with Gasteiger partial charge < -0.3 is 0 Å². The van der Waals surface area contributed by atoms with E-state index in [0.717, 1.165) is 22.1 Å². The third kappa shape index (κ3) is 6.01. The Morgan fingerprint density at radius 2 is 0.724 bits per heavy atom. The van der Waals surface area contributed by atoms with Crippen LogP contribution in [0, 0.1) is 27.7 Å². The monoisotopic (exact) mass is 858 g/mol. The molecule has 5 aromatic carbocycles. The van der Waals surface area contributed by atoms with Crippen molar-refractivity contribution in [2.24, 2.45) is 10.2 Å². The molecule has 0 saturated carbocycles. The molecule has 0 atom stereocenters. The SMILES string of the molecule is Cc1ccc(-c2ccc(-c3cc4/c(=N/Nc5ccccc5)c5c(C)c6c(c(C)c5c4s3)/c(=N\Nc3ccccc3)c3cc(-c4ccc(-c5ccc(C)s5)s4)sc36)s2)s1. The van der Waals surface area contributed by atoms with Gasteiger partial charge in [-0.25, -0.2) is 0 Å². The molecule has 6 heterocycles. The summed E-state index contributed by atoms with van der Waals surface area (Å²) in [4.78, 5) is 13.0. The normalized spacial score (nSPS) is 12.7. The minimum Gasteiger partial charge on any atom is -0.278 e. The van der Waals surface area contributed by atoms with E-state index in [4.69, 9.17) is 10.2 Å². The molecule has 282 valence electrons. The zero-order chi connectivity index (χ0) is 39.1. The van der Waals surface area contributed by atoms with Crippen LogP contribution < -0.4 is 21.6 Å². The molecule has 6 aromatic heterocycles. The highest BCUT2D eigenvalue weighted by Gasteiger charge is 2.25. The van der Waals surface area contributed by atoms with E-state index < -0.39 is 0 Å². The fourth-order valence-corrected chi connectivity index (χ4v) is 14.6. The number of aryl methyl sites for hydroxylation is 4. The second-order valence-corrected chi connectivity index (χ2v) is 21.3. The maximum absolute atomic E-state index is 5.25. The maximum Gasteiger partial charge on any atom is 0.100 e. The summed E-state index contributed by atoms with van der Waals surface area (Å²) in [5.41, 5.74) is 11.3. The Morgan fingerprint density at radius 1 is 0.362 bits per heavy atom. The molecule has 0 aliphatic rings. The Morgan fingerprint density at radius 3 is 1.10 bits per heavy atom. The molecule has 10 heteroatoms. The number of hydrogen-bond acceptors (Lipinski definition) is 10. The van der Waals surface area contributed by atoms with E-state index in [1.165, 1.54) is 102 Å². The Bertz CT molecular complexity index is 3220. The van der Waals surface area contributed by atoms with E-state index >= 15 is 0 Å². The van der Waals surface area contributed by atoms with Gasteiger partial charge in [0, 0.05) is 90.5 Å². The van der Waals surface area contributed by atoms with Gasteiger partial charge in [-0.1, -0.05) is 36.4 Å². The number of benzene rings is 3. The summed E-state index contributed by atoms with van der Waals surface area (Å²) in [6.07, 6.45) is 0. The van der Waals surface area contributed by atoms with Crippen LogP contribution in [0.4, 0.5) is 11.4 Å². The van der Waals surface area contributed by atoms with E-state index in [-0.39, 0.29) is 0 Å². The lowest BCUT2D eigenvalue weighted by Gasteiger charge is -2.08. The topological polar surface area (TPSA) is 48.8 Å². The van der Waals surface area contributed by atoms with E-state index in [0.29, 0.717) is 0 Å². The van der Waals surface area contributed by atoms with Crippen molar-refractivity contribution in [3.63, 3.8) is 0 Å². The molecule has 11 aromatic rings. The second kappa shape index (κ2) is 14.3. The third-order valence-corrected chi connectivity index (χ3v) is 18.0. The first-order valence-electron chi connectivity index (χ1n) is 19.0. The van der Waals surface area contributed by atoms with E-state index in [2.05, 4.69) is 123 Å². The quantitative estimate of drug-likeness (QED) is 0.150. The van der Waals surface area contributed by atoms with Crippen molar-refractivity contribution >= 4 is 121 Å². The Hall–Kier alpha value is -5.20.